The number of piperidine rings is 1. The van der Waals surface area contributed by atoms with E-state index >= 15 is 0 Å². The summed E-state index contributed by atoms with van der Waals surface area (Å²) in [5.41, 5.74) is 6.34. The average molecular weight is 426 g/mol. The van der Waals surface area contributed by atoms with E-state index in [0.717, 1.165) is 65.8 Å². The van der Waals surface area contributed by atoms with Crippen molar-refractivity contribution < 1.29 is 9.84 Å². The van der Waals surface area contributed by atoms with Gasteiger partial charge in [-0.2, -0.15) is 0 Å². The van der Waals surface area contributed by atoms with Crippen LogP contribution in [0.25, 0.3) is 33.3 Å². The van der Waals surface area contributed by atoms with Crippen molar-refractivity contribution in [3.8, 4) is 28.3 Å². The number of ether oxygens (including phenoxy) is 1. The zero-order valence-electron chi connectivity index (χ0n) is 18.2. The van der Waals surface area contributed by atoms with E-state index in [9.17, 15) is 5.11 Å². The highest BCUT2D eigenvalue weighted by molar-refractivity contribution is 5.93. The minimum Gasteiger partial charge on any atom is -0.481 e. The van der Waals surface area contributed by atoms with E-state index in [-0.39, 0.29) is 6.10 Å². The topological polar surface area (TPSA) is 58.5 Å². The highest BCUT2D eigenvalue weighted by atomic mass is 16.5. The van der Waals surface area contributed by atoms with Gasteiger partial charge in [-0.15, -0.1) is 0 Å². The Hall–Kier alpha value is -3.28. The molecule has 2 aromatic heterocycles. The summed E-state index contributed by atoms with van der Waals surface area (Å²) in [5.74, 6) is 0.584. The molecule has 0 radical (unpaired) electrons. The van der Waals surface area contributed by atoms with Crippen LogP contribution >= 0.6 is 0 Å². The van der Waals surface area contributed by atoms with E-state index in [2.05, 4.69) is 52.3 Å². The Morgan fingerprint density at radius 1 is 0.969 bits per heavy atom. The molecule has 0 amide bonds. The molecule has 32 heavy (non-hydrogen) atoms. The Bertz CT molecular complexity index is 1200. The van der Waals surface area contributed by atoms with Crippen LogP contribution in [-0.4, -0.2) is 46.3 Å². The molecule has 2 aromatic carbocycles. The van der Waals surface area contributed by atoms with Gasteiger partial charge in [0.25, 0.3) is 0 Å². The third-order valence-electron chi connectivity index (χ3n) is 6.18. The fraction of sp³-hybridized carbons (Fsp3) is 0.259. The van der Waals surface area contributed by atoms with Gasteiger partial charge in [-0.1, -0.05) is 54.6 Å². The second-order valence-electron chi connectivity index (χ2n) is 8.34. The summed E-state index contributed by atoms with van der Waals surface area (Å²) in [6.45, 7) is 2.80. The molecule has 0 unspecified atom stereocenters. The van der Waals surface area contributed by atoms with E-state index in [1.807, 2.05) is 24.3 Å². The molecule has 3 heterocycles. The summed E-state index contributed by atoms with van der Waals surface area (Å²) in [5, 5.41) is 10.6. The Morgan fingerprint density at radius 2 is 1.72 bits per heavy atom. The molecule has 5 nitrogen and oxygen atoms in total. The second kappa shape index (κ2) is 9.07. The van der Waals surface area contributed by atoms with Crippen LogP contribution in [0.4, 0.5) is 0 Å². The van der Waals surface area contributed by atoms with Crippen LogP contribution in [0.2, 0.25) is 0 Å². The molecular weight excluding hydrogens is 398 g/mol. The van der Waals surface area contributed by atoms with Gasteiger partial charge >= 0.3 is 0 Å². The number of benzene rings is 2. The van der Waals surface area contributed by atoms with Crippen molar-refractivity contribution in [2.24, 2.45) is 0 Å². The summed E-state index contributed by atoms with van der Waals surface area (Å²) in [6.07, 6.45) is 3.31. The standard InChI is InChI=1S/C27H27N3O2/c1-32-27-24-17-23(20-5-3-2-4-6-20)26(29-25(24)11-14-28-27)21-9-7-19(8-10-21)18-30-15-12-22(31)13-16-30/h2-11,14,17,22,31H,12-13,15-16,18H2,1H3. The van der Waals surface area contributed by atoms with Gasteiger partial charge in [0.15, 0.2) is 0 Å². The number of likely N-dealkylation sites (tertiary alicyclic amines) is 1. The second-order valence-corrected chi connectivity index (χ2v) is 8.34. The summed E-state index contributed by atoms with van der Waals surface area (Å²) >= 11 is 0. The lowest BCUT2D eigenvalue weighted by molar-refractivity contribution is 0.0792. The number of aliphatic hydroxyl groups excluding tert-OH is 1. The maximum Gasteiger partial charge on any atom is 0.222 e. The van der Waals surface area contributed by atoms with Gasteiger partial charge in [-0.05, 0) is 36.1 Å². The minimum atomic E-state index is -0.141. The molecule has 1 saturated heterocycles. The summed E-state index contributed by atoms with van der Waals surface area (Å²) < 4.78 is 5.49. The van der Waals surface area contributed by atoms with Crippen LogP contribution in [0.1, 0.15) is 18.4 Å². The van der Waals surface area contributed by atoms with E-state index < -0.39 is 0 Å². The van der Waals surface area contributed by atoms with E-state index in [0.29, 0.717) is 5.88 Å². The molecule has 0 spiro atoms. The molecule has 0 bridgehead atoms. The van der Waals surface area contributed by atoms with Crippen molar-refractivity contribution in [1.82, 2.24) is 14.9 Å². The zero-order valence-corrected chi connectivity index (χ0v) is 18.2. The van der Waals surface area contributed by atoms with Gasteiger partial charge in [0.1, 0.15) is 0 Å². The Morgan fingerprint density at radius 3 is 2.44 bits per heavy atom. The largest absolute Gasteiger partial charge is 0.481 e. The number of pyridine rings is 2. The van der Waals surface area contributed by atoms with Gasteiger partial charge in [0, 0.05) is 37.0 Å². The van der Waals surface area contributed by atoms with Crippen molar-refractivity contribution in [3.05, 3.63) is 78.5 Å². The van der Waals surface area contributed by atoms with Gasteiger partial charge in [0.2, 0.25) is 5.88 Å². The monoisotopic (exact) mass is 425 g/mol. The number of hydrogen-bond acceptors (Lipinski definition) is 5. The van der Waals surface area contributed by atoms with E-state index in [1.54, 1.807) is 13.3 Å². The molecule has 5 heteroatoms. The number of nitrogens with zero attached hydrogens (tertiary/aromatic N) is 3. The third-order valence-corrected chi connectivity index (χ3v) is 6.18. The summed E-state index contributed by atoms with van der Waals surface area (Å²) in [6, 6.07) is 23.1. The SMILES string of the molecule is COc1nccc2nc(-c3ccc(CN4CCC(O)CC4)cc3)c(-c3ccccc3)cc12. The molecule has 4 aromatic rings. The normalized spacial score (nSPS) is 15.2. The third kappa shape index (κ3) is 4.22. The first kappa shape index (κ1) is 20.6. The molecular formula is C27H27N3O2. The van der Waals surface area contributed by atoms with Gasteiger partial charge in [0.05, 0.1) is 29.8 Å². The van der Waals surface area contributed by atoms with Crippen molar-refractivity contribution in [2.45, 2.75) is 25.5 Å². The van der Waals surface area contributed by atoms with Gasteiger partial charge < -0.3 is 9.84 Å². The average Bonchev–Trinajstić information content (AvgIpc) is 2.85. The van der Waals surface area contributed by atoms with Crippen LogP contribution in [0.3, 0.4) is 0 Å². The van der Waals surface area contributed by atoms with Gasteiger partial charge in [-0.3, -0.25) is 4.90 Å². The number of aromatic nitrogens is 2. The molecule has 0 aliphatic carbocycles. The number of fused-ring (bicyclic) bond motifs is 1. The zero-order chi connectivity index (χ0) is 21.9. The Labute approximate surface area is 188 Å². The van der Waals surface area contributed by atoms with Crippen LogP contribution in [0, 0.1) is 0 Å². The van der Waals surface area contributed by atoms with Crippen LogP contribution < -0.4 is 4.74 Å². The molecule has 0 saturated carbocycles. The van der Waals surface area contributed by atoms with Crippen molar-refractivity contribution in [3.63, 3.8) is 0 Å². The Balaban J connectivity index is 1.52. The highest BCUT2D eigenvalue weighted by Crippen LogP contribution is 2.35. The predicted molar refractivity (Wildman–Crippen MR) is 127 cm³/mol. The lowest BCUT2D eigenvalue weighted by Crippen LogP contribution is -2.35. The number of hydrogen-bond donors (Lipinski definition) is 1. The first-order chi connectivity index (χ1) is 15.7. The van der Waals surface area contributed by atoms with Crippen LogP contribution in [0.5, 0.6) is 5.88 Å². The first-order valence-corrected chi connectivity index (χ1v) is 11.1. The maximum atomic E-state index is 9.74. The molecule has 1 aliphatic rings. The van der Waals surface area contributed by atoms with Crippen molar-refractivity contribution in [2.75, 3.05) is 20.2 Å². The maximum absolute atomic E-state index is 9.74. The molecule has 1 fully saturated rings. The summed E-state index contributed by atoms with van der Waals surface area (Å²) in [7, 11) is 1.64. The van der Waals surface area contributed by atoms with E-state index in [4.69, 9.17) is 9.72 Å². The number of rotatable bonds is 5. The quantitative estimate of drug-likeness (QED) is 0.491. The fourth-order valence-electron chi connectivity index (χ4n) is 4.40. The molecule has 1 aliphatic heterocycles. The van der Waals surface area contributed by atoms with Crippen LogP contribution in [0.15, 0.2) is 72.9 Å². The van der Waals surface area contributed by atoms with Gasteiger partial charge in [-0.25, -0.2) is 9.97 Å². The molecule has 0 atom stereocenters. The minimum absolute atomic E-state index is 0.141. The van der Waals surface area contributed by atoms with Crippen LogP contribution in [-0.2, 0) is 6.54 Å². The predicted octanol–water partition coefficient (Wildman–Crippen LogP) is 4.93. The smallest absolute Gasteiger partial charge is 0.222 e. The lowest BCUT2D eigenvalue weighted by atomic mass is 9.97. The summed E-state index contributed by atoms with van der Waals surface area (Å²) in [4.78, 5) is 11.8. The number of methoxy groups -OCH3 is 1. The van der Waals surface area contributed by atoms with Crippen molar-refractivity contribution >= 4 is 10.9 Å². The molecule has 5 rings (SSSR count). The molecule has 162 valence electrons. The molecule has 1 N–H and O–H groups in total. The van der Waals surface area contributed by atoms with Crippen molar-refractivity contribution in [1.29, 1.82) is 0 Å². The lowest BCUT2D eigenvalue weighted by Gasteiger charge is -2.29. The number of aliphatic hydroxyl groups is 1. The highest BCUT2D eigenvalue weighted by Gasteiger charge is 2.18. The first-order valence-electron chi connectivity index (χ1n) is 11.1. The Kier molecular flexibility index (Phi) is 5.84. The fourth-order valence-corrected chi connectivity index (χ4v) is 4.40. The van der Waals surface area contributed by atoms with E-state index in [1.165, 1.54) is 5.56 Å².